The smallest absolute Gasteiger partial charge is 0.189 e. The standard InChI is InChI=1S/C14H13N3S/c1-2-10-6-3-4-7-11(10)16-14-17-12-8-5-9-15-13(12)18-14/h3-9H,2H2,1H3,(H,16,17). The van der Waals surface area contributed by atoms with Gasteiger partial charge in [-0.15, -0.1) is 0 Å². The first-order chi connectivity index (χ1) is 8.86. The molecule has 2 heterocycles. The first-order valence-electron chi connectivity index (χ1n) is 5.93. The number of rotatable bonds is 3. The quantitative estimate of drug-likeness (QED) is 0.768. The Labute approximate surface area is 110 Å². The van der Waals surface area contributed by atoms with Gasteiger partial charge in [0.05, 0.1) is 0 Å². The fraction of sp³-hybridized carbons (Fsp3) is 0.143. The number of benzene rings is 1. The van der Waals surface area contributed by atoms with Crippen LogP contribution in [-0.4, -0.2) is 9.97 Å². The Kier molecular flexibility index (Phi) is 2.94. The van der Waals surface area contributed by atoms with Gasteiger partial charge in [0.2, 0.25) is 0 Å². The Hall–Kier alpha value is -1.94. The summed E-state index contributed by atoms with van der Waals surface area (Å²) in [6.45, 7) is 2.15. The average Bonchev–Trinajstić information content (AvgIpc) is 2.81. The maximum absolute atomic E-state index is 4.53. The van der Waals surface area contributed by atoms with Gasteiger partial charge in [0.15, 0.2) is 5.13 Å². The molecule has 0 aliphatic rings. The van der Waals surface area contributed by atoms with Crippen molar-refractivity contribution in [2.45, 2.75) is 13.3 Å². The molecule has 0 atom stereocenters. The molecule has 0 amide bonds. The number of thiazole rings is 1. The summed E-state index contributed by atoms with van der Waals surface area (Å²) in [5.74, 6) is 0. The number of aromatic nitrogens is 2. The monoisotopic (exact) mass is 255 g/mol. The van der Waals surface area contributed by atoms with Crippen LogP contribution in [0.2, 0.25) is 0 Å². The molecule has 0 fully saturated rings. The molecule has 90 valence electrons. The van der Waals surface area contributed by atoms with Crippen LogP contribution in [-0.2, 0) is 6.42 Å². The second kappa shape index (κ2) is 4.74. The molecule has 0 spiro atoms. The summed E-state index contributed by atoms with van der Waals surface area (Å²) in [7, 11) is 0. The van der Waals surface area contributed by atoms with Crippen molar-refractivity contribution in [3.05, 3.63) is 48.2 Å². The summed E-state index contributed by atoms with van der Waals surface area (Å²) in [6, 6.07) is 12.2. The lowest BCUT2D eigenvalue weighted by atomic mass is 10.1. The Morgan fingerprint density at radius 2 is 2.06 bits per heavy atom. The summed E-state index contributed by atoms with van der Waals surface area (Å²) >= 11 is 1.58. The van der Waals surface area contributed by atoms with Crippen molar-refractivity contribution in [1.29, 1.82) is 0 Å². The first kappa shape index (κ1) is 11.2. The van der Waals surface area contributed by atoms with E-state index in [1.165, 1.54) is 5.56 Å². The van der Waals surface area contributed by atoms with Crippen molar-refractivity contribution >= 4 is 32.5 Å². The van der Waals surface area contributed by atoms with Gasteiger partial charge in [-0.1, -0.05) is 36.5 Å². The van der Waals surface area contributed by atoms with E-state index in [2.05, 4.69) is 40.4 Å². The number of nitrogens with zero attached hydrogens (tertiary/aromatic N) is 2. The van der Waals surface area contributed by atoms with E-state index >= 15 is 0 Å². The fourth-order valence-electron chi connectivity index (χ4n) is 1.89. The highest BCUT2D eigenvalue weighted by Gasteiger charge is 2.06. The van der Waals surface area contributed by atoms with Gasteiger partial charge in [-0.2, -0.15) is 0 Å². The number of nitrogens with one attached hydrogen (secondary N) is 1. The minimum absolute atomic E-state index is 0.893. The summed E-state index contributed by atoms with van der Waals surface area (Å²) in [4.78, 5) is 9.80. The van der Waals surface area contributed by atoms with E-state index in [1.54, 1.807) is 17.5 Å². The highest BCUT2D eigenvalue weighted by Crippen LogP contribution is 2.28. The van der Waals surface area contributed by atoms with Crippen LogP contribution in [0.1, 0.15) is 12.5 Å². The summed E-state index contributed by atoms with van der Waals surface area (Å²) in [5, 5.41) is 4.27. The zero-order valence-electron chi connectivity index (χ0n) is 10.1. The van der Waals surface area contributed by atoms with E-state index in [9.17, 15) is 0 Å². The van der Waals surface area contributed by atoms with E-state index in [0.29, 0.717) is 0 Å². The second-order valence-corrected chi connectivity index (χ2v) is 4.96. The molecule has 0 aliphatic heterocycles. The van der Waals surface area contributed by atoms with Crippen LogP contribution in [0.4, 0.5) is 10.8 Å². The van der Waals surface area contributed by atoms with E-state index in [-0.39, 0.29) is 0 Å². The molecule has 4 heteroatoms. The van der Waals surface area contributed by atoms with E-state index < -0.39 is 0 Å². The lowest BCUT2D eigenvalue weighted by molar-refractivity contribution is 1.14. The molecular formula is C14H13N3S. The molecule has 3 rings (SSSR count). The van der Waals surface area contributed by atoms with Crippen molar-refractivity contribution in [1.82, 2.24) is 9.97 Å². The van der Waals surface area contributed by atoms with Crippen molar-refractivity contribution in [2.75, 3.05) is 5.32 Å². The number of hydrogen-bond acceptors (Lipinski definition) is 4. The third-order valence-corrected chi connectivity index (χ3v) is 3.70. The van der Waals surface area contributed by atoms with Crippen molar-refractivity contribution in [3.8, 4) is 0 Å². The third-order valence-electron chi connectivity index (χ3n) is 2.81. The summed E-state index contributed by atoms with van der Waals surface area (Å²) < 4.78 is 0. The van der Waals surface area contributed by atoms with Crippen LogP contribution in [0.25, 0.3) is 10.3 Å². The minimum Gasteiger partial charge on any atom is -0.331 e. The third kappa shape index (κ3) is 2.07. The van der Waals surface area contributed by atoms with E-state index in [0.717, 1.165) is 27.6 Å². The number of para-hydroxylation sites is 1. The van der Waals surface area contributed by atoms with Gasteiger partial charge in [0.1, 0.15) is 10.3 Å². The molecule has 2 aromatic heterocycles. The largest absolute Gasteiger partial charge is 0.331 e. The highest BCUT2D eigenvalue weighted by molar-refractivity contribution is 7.21. The van der Waals surface area contributed by atoms with E-state index in [4.69, 9.17) is 0 Å². The van der Waals surface area contributed by atoms with Gasteiger partial charge in [-0.3, -0.25) is 0 Å². The molecule has 0 saturated heterocycles. The number of aryl methyl sites for hydroxylation is 1. The van der Waals surface area contributed by atoms with Crippen molar-refractivity contribution < 1.29 is 0 Å². The molecule has 1 N–H and O–H groups in total. The van der Waals surface area contributed by atoms with Gasteiger partial charge in [0, 0.05) is 11.9 Å². The number of fused-ring (bicyclic) bond motifs is 1. The molecule has 1 aromatic carbocycles. The molecular weight excluding hydrogens is 242 g/mol. The topological polar surface area (TPSA) is 37.8 Å². The summed E-state index contributed by atoms with van der Waals surface area (Å²) in [6.07, 6.45) is 2.80. The van der Waals surface area contributed by atoms with Crippen LogP contribution in [0.5, 0.6) is 0 Å². The SMILES string of the molecule is CCc1ccccc1Nc1nc2cccnc2s1. The van der Waals surface area contributed by atoms with Crippen molar-refractivity contribution in [2.24, 2.45) is 0 Å². The lowest BCUT2D eigenvalue weighted by Crippen LogP contribution is -1.93. The van der Waals surface area contributed by atoms with Crippen LogP contribution < -0.4 is 5.32 Å². The number of pyridine rings is 1. The lowest BCUT2D eigenvalue weighted by Gasteiger charge is -2.07. The Bertz CT molecular complexity index is 642. The Morgan fingerprint density at radius 1 is 1.17 bits per heavy atom. The van der Waals surface area contributed by atoms with E-state index in [1.807, 2.05) is 18.2 Å². The van der Waals surface area contributed by atoms with Gasteiger partial charge >= 0.3 is 0 Å². The average molecular weight is 255 g/mol. The molecule has 3 nitrogen and oxygen atoms in total. The molecule has 0 aliphatic carbocycles. The van der Waals surface area contributed by atoms with Gasteiger partial charge in [-0.05, 0) is 30.2 Å². The maximum atomic E-state index is 4.53. The molecule has 0 bridgehead atoms. The highest BCUT2D eigenvalue weighted by atomic mass is 32.1. The second-order valence-electron chi connectivity index (χ2n) is 3.98. The predicted molar refractivity (Wildman–Crippen MR) is 76.5 cm³/mol. The van der Waals surface area contributed by atoms with Crippen LogP contribution in [0.3, 0.4) is 0 Å². The predicted octanol–water partition coefficient (Wildman–Crippen LogP) is 4.00. The Morgan fingerprint density at radius 3 is 2.89 bits per heavy atom. The van der Waals surface area contributed by atoms with Crippen LogP contribution in [0, 0.1) is 0 Å². The maximum Gasteiger partial charge on any atom is 0.189 e. The Balaban J connectivity index is 1.96. The molecule has 0 unspecified atom stereocenters. The number of hydrogen-bond donors (Lipinski definition) is 1. The van der Waals surface area contributed by atoms with Gasteiger partial charge in [-0.25, -0.2) is 9.97 Å². The fourth-order valence-corrected chi connectivity index (χ4v) is 2.71. The molecule has 0 saturated carbocycles. The summed E-state index contributed by atoms with van der Waals surface area (Å²) in [5.41, 5.74) is 3.36. The molecule has 18 heavy (non-hydrogen) atoms. The minimum atomic E-state index is 0.893. The zero-order valence-corrected chi connectivity index (χ0v) is 10.9. The normalized spacial score (nSPS) is 10.7. The molecule has 0 radical (unpaired) electrons. The zero-order chi connectivity index (χ0) is 12.4. The van der Waals surface area contributed by atoms with Gasteiger partial charge in [0.25, 0.3) is 0 Å². The van der Waals surface area contributed by atoms with Crippen LogP contribution >= 0.6 is 11.3 Å². The van der Waals surface area contributed by atoms with Gasteiger partial charge < -0.3 is 5.32 Å². The first-order valence-corrected chi connectivity index (χ1v) is 6.75. The van der Waals surface area contributed by atoms with Crippen molar-refractivity contribution in [3.63, 3.8) is 0 Å². The molecule has 3 aromatic rings. The van der Waals surface area contributed by atoms with Crippen LogP contribution in [0.15, 0.2) is 42.6 Å². The number of anilines is 2.